The number of amides is 1. The Kier molecular flexibility index (Phi) is 8.96. The maximum absolute atomic E-state index is 13.2. The molecule has 0 aliphatic carbocycles. The van der Waals surface area contributed by atoms with Gasteiger partial charge in [0.15, 0.2) is 0 Å². The van der Waals surface area contributed by atoms with Gasteiger partial charge in [-0.05, 0) is 94.4 Å². The normalized spacial score (nSPS) is 13.2. The van der Waals surface area contributed by atoms with Crippen molar-refractivity contribution < 1.29 is 9.53 Å². The summed E-state index contributed by atoms with van der Waals surface area (Å²) in [5.41, 5.74) is 1.98. The first-order valence-electron chi connectivity index (χ1n) is 9.86. The number of carbonyl (C=O) groups excluding carboxylic acids is 1. The van der Waals surface area contributed by atoms with Crippen LogP contribution in [0, 0.1) is 0 Å². The number of carbonyl (C=O) groups is 1. The highest BCUT2D eigenvalue weighted by Gasteiger charge is 2.39. The Balaban J connectivity index is 1.68. The van der Waals surface area contributed by atoms with Crippen LogP contribution >= 0.6 is 75.9 Å². The van der Waals surface area contributed by atoms with E-state index in [1.54, 1.807) is 4.90 Å². The molecule has 160 valence electrons. The van der Waals surface area contributed by atoms with Crippen LogP contribution in [0.3, 0.4) is 0 Å². The molecule has 0 aromatic heterocycles. The summed E-state index contributed by atoms with van der Waals surface area (Å²) < 4.78 is 8.87. The van der Waals surface area contributed by atoms with Gasteiger partial charge in [0.1, 0.15) is 10.7 Å². The summed E-state index contributed by atoms with van der Waals surface area (Å²) in [6, 6.07) is 7.53. The summed E-state index contributed by atoms with van der Waals surface area (Å²) >= 11 is 19.8. The van der Waals surface area contributed by atoms with E-state index in [0.29, 0.717) is 27.2 Å². The van der Waals surface area contributed by atoms with Crippen LogP contribution in [0.15, 0.2) is 42.2 Å². The molecule has 1 heterocycles. The molecule has 1 amide bonds. The van der Waals surface area contributed by atoms with Gasteiger partial charge in [0.2, 0.25) is 0 Å². The molecule has 3 nitrogen and oxygen atoms in total. The number of thiocarbonyl (C=S) groups is 1. The number of ether oxygens (including phenoxy) is 1. The predicted octanol–water partition coefficient (Wildman–Crippen LogP) is 8.81. The first kappa shape index (κ1) is 24.4. The van der Waals surface area contributed by atoms with Crippen LogP contribution < -0.4 is 9.64 Å². The number of fused-ring (bicyclic) bond motifs is 1. The Labute approximate surface area is 216 Å². The monoisotopic (exact) mass is 679 g/mol. The molecule has 0 bridgehead atoms. The van der Waals surface area contributed by atoms with Crippen LogP contribution in [0.25, 0.3) is 0 Å². The molecule has 0 atom stereocenters. The first-order chi connectivity index (χ1) is 14.4. The average molecular weight is 683 g/mol. The minimum Gasteiger partial charge on any atom is -0.494 e. The lowest BCUT2D eigenvalue weighted by Crippen LogP contribution is -2.28. The Morgan fingerprint density at radius 1 is 0.833 bits per heavy atom. The van der Waals surface area contributed by atoms with Crippen LogP contribution in [-0.4, -0.2) is 17.5 Å². The zero-order valence-electron chi connectivity index (χ0n) is 16.4. The molecular formula is C22H21Br4NO2S. The molecule has 2 aromatic carbocycles. The van der Waals surface area contributed by atoms with Gasteiger partial charge in [-0.15, -0.1) is 0 Å². The number of unbranched alkanes of at least 4 members (excludes halogenated alkanes) is 5. The number of anilines is 1. The van der Waals surface area contributed by atoms with Crippen molar-refractivity contribution in [2.24, 2.45) is 0 Å². The molecule has 0 radical (unpaired) electrons. The van der Waals surface area contributed by atoms with Crippen molar-refractivity contribution in [1.82, 2.24) is 0 Å². The van der Waals surface area contributed by atoms with Crippen molar-refractivity contribution >= 4 is 92.5 Å². The Morgan fingerprint density at radius 2 is 1.40 bits per heavy atom. The number of nitrogens with zero attached hydrogens (tertiary/aromatic N) is 1. The fourth-order valence-electron chi connectivity index (χ4n) is 3.35. The van der Waals surface area contributed by atoms with Gasteiger partial charge in [0.25, 0.3) is 5.91 Å². The van der Waals surface area contributed by atoms with Gasteiger partial charge >= 0.3 is 0 Å². The molecule has 1 aliphatic heterocycles. The zero-order chi connectivity index (χ0) is 21.8. The fourth-order valence-corrected chi connectivity index (χ4v) is 6.35. The fraction of sp³-hybridized carbons (Fsp3) is 0.364. The average Bonchev–Trinajstić information content (AvgIpc) is 3.01. The maximum Gasteiger partial charge on any atom is 0.265 e. The van der Waals surface area contributed by atoms with E-state index in [9.17, 15) is 4.79 Å². The van der Waals surface area contributed by atoms with Gasteiger partial charge in [0, 0.05) is 23.5 Å². The molecule has 8 heteroatoms. The number of hydrogen-bond donors (Lipinski definition) is 0. The molecule has 0 N–H and O–H groups in total. The smallest absolute Gasteiger partial charge is 0.265 e. The zero-order valence-corrected chi connectivity index (χ0v) is 23.6. The molecule has 0 spiro atoms. The SMILES string of the molecule is CCCCCCCCOc1ccc(N2C(=O)c3c(Br)c(Br)c(Br)c(Br)c3C2=S)cc1. The summed E-state index contributed by atoms with van der Waals surface area (Å²) in [6.45, 7) is 2.93. The summed E-state index contributed by atoms with van der Waals surface area (Å²) in [4.78, 5) is 15.2. The minimum absolute atomic E-state index is 0.156. The van der Waals surface area contributed by atoms with Crippen molar-refractivity contribution in [3.63, 3.8) is 0 Å². The van der Waals surface area contributed by atoms with Crippen LogP contribution in [0.5, 0.6) is 5.75 Å². The van der Waals surface area contributed by atoms with Crippen LogP contribution in [-0.2, 0) is 0 Å². The molecule has 0 unspecified atom stereocenters. The van der Waals surface area contributed by atoms with E-state index >= 15 is 0 Å². The lowest BCUT2D eigenvalue weighted by molar-refractivity contribution is 0.101. The van der Waals surface area contributed by atoms with E-state index in [1.807, 2.05) is 24.3 Å². The first-order valence-corrected chi connectivity index (χ1v) is 13.4. The Morgan fingerprint density at radius 3 is 2.03 bits per heavy atom. The standard InChI is InChI=1S/C22H21Br4NO2S/c1-2-3-4-5-6-7-12-29-14-10-8-13(9-11-14)27-21(28)15-16(22(27)30)18(24)20(26)19(25)17(15)23/h8-11H,2-7,12H2,1H3. The van der Waals surface area contributed by atoms with E-state index in [2.05, 4.69) is 70.6 Å². The van der Waals surface area contributed by atoms with Gasteiger partial charge in [0.05, 0.1) is 17.9 Å². The van der Waals surface area contributed by atoms with Crippen molar-refractivity contribution in [1.29, 1.82) is 0 Å². The largest absolute Gasteiger partial charge is 0.494 e. The van der Waals surface area contributed by atoms with E-state index < -0.39 is 0 Å². The van der Waals surface area contributed by atoms with Gasteiger partial charge in [-0.3, -0.25) is 9.69 Å². The second kappa shape index (κ2) is 11.0. The molecule has 0 saturated carbocycles. The topological polar surface area (TPSA) is 29.5 Å². The highest BCUT2D eigenvalue weighted by molar-refractivity contribution is 9.15. The van der Waals surface area contributed by atoms with E-state index in [4.69, 9.17) is 17.0 Å². The number of halogens is 4. The second-order valence-electron chi connectivity index (χ2n) is 7.06. The maximum atomic E-state index is 13.2. The summed E-state index contributed by atoms with van der Waals surface area (Å²) in [5.74, 6) is 0.645. The lowest BCUT2D eigenvalue weighted by atomic mass is 10.1. The third-order valence-electron chi connectivity index (χ3n) is 4.96. The van der Waals surface area contributed by atoms with Crippen LogP contribution in [0.4, 0.5) is 5.69 Å². The van der Waals surface area contributed by atoms with Crippen molar-refractivity contribution in [3.05, 3.63) is 53.3 Å². The molecule has 3 rings (SSSR count). The number of hydrogen-bond acceptors (Lipinski definition) is 3. The van der Waals surface area contributed by atoms with E-state index in [0.717, 1.165) is 31.3 Å². The van der Waals surface area contributed by atoms with Gasteiger partial charge < -0.3 is 4.74 Å². The third kappa shape index (κ3) is 5.03. The highest BCUT2D eigenvalue weighted by Crippen LogP contribution is 2.46. The summed E-state index contributed by atoms with van der Waals surface area (Å²) in [6.07, 6.45) is 7.39. The predicted molar refractivity (Wildman–Crippen MR) is 141 cm³/mol. The lowest BCUT2D eigenvalue weighted by Gasteiger charge is -2.17. The second-order valence-corrected chi connectivity index (χ2v) is 10.6. The number of rotatable bonds is 9. The molecule has 1 aliphatic rings. The van der Waals surface area contributed by atoms with Crippen LogP contribution in [0.2, 0.25) is 0 Å². The van der Waals surface area contributed by atoms with E-state index in [-0.39, 0.29) is 5.91 Å². The molecule has 2 aromatic rings. The summed E-state index contributed by atoms with van der Waals surface area (Å²) in [7, 11) is 0. The van der Waals surface area contributed by atoms with Crippen molar-refractivity contribution in [2.75, 3.05) is 11.5 Å². The quantitative estimate of drug-likeness (QED) is 0.115. The molecule has 0 saturated heterocycles. The van der Waals surface area contributed by atoms with Crippen molar-refractivity contribution in [3.8, 4) is 5.75 Å². The molecule has 30 heavy (non-hydrogen) atoms. The Bertz CT molecular complexity index is 916. The third-order valence-corrected chi connectivity index (χ3v) is 10.1. The molecule has 0 fully saturated rings. The molecular weight excluding hydrogens is 662 g/mol. The van der Waals surface area contributed by atoms with Gasteiger partial charge in [-0.25, -0.2) is 0 Å². The van der Waals surface area contributed by atoms with Crippen LogP contribution in [0.1, 0.15) is 61.4 Å². The van der Waals surface area contributed by atoms with Gasteiger partial charge in [-0.1, -0.05) is 51.2 Å². The minimum atomic E-state index is -0.156. The number of benzene rings is 2. The van der Waals surface area contributed by atoms with E-state index in [1.165, 1.54) is 32.1 Å². The summed E-state index contributed by atoms with van der Waals surface area (Å²) in [5, 5.41) is 0. The van der Waals surface area contributed by atoms with Crippen molar-refractivity contribution in [2.45, 2.75) is 45.4 Å². The van der Waals surface area contributed by atoms with Gasteiger partial charge in [-0.2, -0.15) is 0 Å². The Hall–Kier alpha value is -0.280. The highest BCUT2D eigenvalue weighted by atomic mass is 79.9.